The van der Waals surface area contributed by atoms with Crippen LogP contribution < -0.4 is 4.74 Å². The zero-order valence-corrected chi connectivity index (χ0v) is 15.1. The number of rotatable bonds is 8. The number of halogens is 1. The van der Waals surface area contributed by atoms with Crippen molar-refractivity contribution in [1.29, 1.82) is 0 Å². The van der Waals surface area contributed by atoms with Gasteiger partial charge in [-0.05, 0) is 64.2 Å². The summed E-state index contributed by atoms with van der Waals surface area (Å²) in [6.45, 7) is 5.85. The number of aryl methyl sites for hydroxylation is 1. The highest BCUT2D eigenvalue weighted by Crippen LogP contribution is 2.24. The predicted molar refractivity (Wildman–Crippen MR) is 93.3 cm³/mol. The monoisotopic (exact) mass is 354 g/mol. The van der Waals surface area contributed by atoms with Crippen LogP contribution >= 0.6 is 15.9 Å². The van der Waals surface area contributed by atoms with Crippen LogP contribution in [-0.4, -0.2) is 22.6 Å². The first-order valence-corrected chi connectivity index (χ1v) is 8.39. The summed E-state index contributed by atoms with van der Waals surface area (Å²) in [7, 11) is 1.69. The summed E-state index contributed by atoms with van der Waals surface area (Å²) >= 11 is 3.56. The average Bonchev–Trinajstić information content (AvgIpc) is 2.44. The minimum Gasteiger partial charge on any atom is -0.497 e. The maximum absolute atomic E-state index is 9.89. The first-order valence-electron chi connectivity index (χ1n) is 7.48. The maximum atomic E-state index is 9.89. The van der Waals surface area contributed by atoms with Crippen LogP contribution in [0.25, 0.3) is 0 Å². The van der Waals surface area contributed by atoms with E-state index in [1.165, 1.54) is 11.1 Å². The number of benzene rings is 1. The van der Waals surface area contributed by atoms with E-state index < -0.39 is 5.60 Å². The van der Waals surface area contributed by atoms with Crippen LogP contribution in [0, 0.1) is 0 Å². The summed E-state index contributed by atoms with van der Waals surface area (Å²) in [5.74, 6) is 0.903. The Morgan fingerprint density at radius 3 is 2.48 bits per heavy atom. The number of allylic oxidation sites excluding steroid dienone is 2. The van der Waals surface area contributed by atoms with Gasteiger partial charge in [-0.25, -0.2) is 0 Å². The van der Waals surface area contributed by atoms with E-state index in [1.54, 1.807) is 7.11 Å². The average molecular weight is 355 g/mol. The molecule has 118 valence electrons. The standard InChI is InChI=1S/C18H27BrO2/c1-14(8-13-17(19)18(2,3)20)6-5-7-15-9-11-16(21-4)12-10-15/h6,9-12,17,20H,5,7-8,13H2,1-4H3/b14-6+. The highest BCUT2D eigenvalue weighted by molar-refractivity contribution is 9.09. The van der Waals surface area contributed by atoms with Crippen LogP contribution in [0.15, 0.2) is 35.9 Å². The van der Waals surface area contributed by atoms with Crippen molar-refractivity contribution < 1.29 is 9.84 Å². The normalized spacial score (nSPS) is 14.1. The van der Waals surface area contributed by atoms with Gasteiger partial charge in [0.25, 0.3) is 0 Å². The van der Waals surface area contributed by atoms with Crippen molar-refractivity contribution >= 4 is 15.9 Å². The molecule has 3 heteroatoms. The number of hydrogen-bond acceptors (Lipinski definition) is 2. The summed E-state index contributed by atoms with van der Waals surface area (Å²) in [6, 6.07) is 8.24. The Morgan fingerprint density at radius 1 is 1.33 bits per heavy atom. The zero-order valence-electron chi connectivity index (χ0n) is 13.5. The number of aliphatic hydroxyl groups is 1. The smallest absolute Gasteiger partial charge is 0.118 e. The molecule has 1 N–H and O–H groups in total. The molecule has 0 aliphatic carbocycles. The summed E-state index contributed by atoms with van der Waals surface area (Å²) in [5.41, 5.74) is 2.05. The Kier molecular flexibility index (Phi) is 7.47. The molecule has 1 unspecified atom stereocenters. The van der Waals surface area contributed by atoms with Crippen LogP contribution in [0.2, 0.25) is 0 Å². The molecule has 0 spiro atoms. The molecule has 0 aromatic heterocycles. The largest absolute Gasteiger partial charge is 0.497 e. The van der Waals surface area contributed by atoms with Gasteiger partial charge < -0.3 is 9.84 Å². The van der Waals surface area contributed by atoms with E-state index in [0.29, 0.717) is 0 Å². The molecule has 0 radical (unpaired) electrons. The fourth-order valence-electron chi connectivity index (χ4n) is 2.09. The first-order chi connectivity index (χ1) is 9.82. The van der Waals surface area contributed by atoms with Gasteiger partial charge in [0.2, 0.25) is 0 Å². The Balaban J connectivity index is 2.35. The van der Waals surface area contributed by atoms with Gasteiger partial charge in [0.1, 0.15) is 5.75 Å². The van der Waals surface area contributed by atoms with Gasteiger partial charge in [0, 0.05) is 4.83 Å². The molecule has 1 atom stereocenters. The molecule has 2 nitrogen and oxygen atoms in total. The molecule has 1 aromatic carbocycles. The number of hydrogen-bond donors (Lipinski definition) is 1. The van der Waals surface area contributed by atoms with E-state index in [2.05, 4.69) is 41.1 Å². The summed E-state index contributed by atoms with van der Waals surface area (Å²) in [5, 5.41) is 9.89. The fraction of sp³-hybridized carbons (Fsp3) is 0.556. The van der Waals surface area contributed by atoms with E-state index in [4.69, 9.17) is 4.74 Å². The van der Waals surface area contributed by atoms with E-state index in [9.17, 15) is 5.11 Å². The number of methoxy groups -OCH3 is 1. The van der Waals surface area contributed by atoms with Crippen LogP contribution in [0.3, 0.4) is 0 Å². The Labute approximate surface area is 137 Å². The second-order valence-corrected chi connectivity index (χ2v) is 7.20. The van der Waals surface area contributed by atoms with Crippen molar-refractivity contribution in [1.82, 2.24) is 0 Å². The van der Waals surface area contributed by atoms with Crippen molar-refractivity contribution in [2.45, 2.75) is 56.9 Å². The van der Waals surface area contributed by atoms with Crippen LogP contribution in [0.4, 0.5) is 0 Å². The molecule has 0 saturated carbocycles. The Morgan fingerprint density at radius 2 is 1.95 bits per heavy atom. The highest BCUT2D eigenvalue weighted by atomic mass is 79.9. The van der Waals surface area contributed by atoms with Gasteiger partial charge in [-0.3, -0.25) is 0 Å². The molecule has 1 rings (SSSR count). The summed E-state index contributed by atoms with van der Waals surface area (Å²) in [6.07, 6.45) is 6.36. The van der Waals surface area contributed by atoms with Gasteiger partial charge >= 0.3 is 0 Å². The highest BCUT2D eigenvalue weighted by Gasteiger charge is 2.23. The molecule has 0 saturated heterocycles. The van der Waals surface area contributed by atoms with Gasteiger partial charge in [-0.1, -0.05) is 39.7 Å². The first kappa shape index (κ1) is 18.2. The van der Waals surface area contributed by atoms with E-state index in [0.717, 1.165) is 31.4 Å². The molecule has 0 bridgehead atoms. The summed E-state index contributed by atoms with van der Waals surface area (Å²) < 4.78 is 5.16. The molecule has 0 amide bonds. The molecular formula is C18H27BrO2. The second kappa shape index (κ2) is 8.60. The van der Waals surface area contributed by atoms with Crippen LogP contribution in [0.5, 0.6) is 5.75 Å². The van der Waals surface area contributed by atoms with Crippen LogP contribution in [-0.2, 0) is 6.42 Å². The minimum absolute atomic E-state index is 0.134. The lowest BCUT2D eigenvalue weighted by Gasteiger charge is -2.24. The van der Waals surface area contributed by atoms with Crippen molar-refractivity contribution in [2.24, 2.45) is 0 Å². The van der Waals surface area contributed by atoms with Gasteiger partial charge in [0.05, 0.1) is 12.7 Å². The topological polar surface area (TPSA) is 29.5 Å². The number of alkyl halides is 1. The molecule has 1 aromatic rings. The zero-order chi connectivity index (χ0) is 15.9. The number of ether oxygens (including phenoxy) is 1. The predicted octanol–water partition coefficient (Wildman–Crippen LogP) is 4.89. The Hall–Kier alpha value is -0.800. The molecule has 0 aliphatic rings. The van der Waals surface area contributed by atoms with E-state index in [1.807, 2.05) is 26.0 Å². The van der Waals surface area contributed by atoms with Crippen molar-refractivity contribution in [2.75, 3.05) is 7.11 Å². The minimum atomic E-state index is -0.663. The van der Waals surface area contributed by atoms with Crippen molar-refractivity contribution in [3.63, 3.8) is 0 Å². The van der Waals surface area contributed by atoms with Gasteiger partial charge in [-0.15, -0.1) is 0 Å². The SMILES string of the molecule is COc1ccc(CC/C=C(\C)CCC(Br)C(C)(C)O)cc1. The molecule has 0 aliphatic heterocycles. The van der Waals surface area contributed by atoms with Crippen LogP contribution in [0.1, 0.15) is 45.6 Å². The second-order valence-electron chi connectivity index (χ2n) is 6.10. The molecule has 0 fully saturated rings. The van der Waals surface area contributed by atoms with E-state index >= 15 is 0 Å². The lowest BCUT2D eigenvalue weighted by atomic mass is 9.98. The third-order valence-corrected chi connectivity index (χ3v) is 5.22. The maximum Gasteiger partial charge on any atom is 0.118 e. The molecule has 21 heavy (non-hydrogen) atoms. The third-order valence-electron chi connectivity index (χ3n) is 3.64. The lowest BCUT2D eigenvalue weighted by Crippen LogP contribution is -2.31. The molecule has 0 heterocycles. The quantitative estimate of drug-likeness (QED) is 0.531. The van der Waals surface area contributed by atoms with Gasteiger partial charge in [-0.2, -0.15) is 0 Å². The Bertz CT molecular complexity index is 443. The van der Waals surface area contributed by atoms with Crippen molar-refractivity contribution in [3.8, 4) is 5.75 Å². The third kappa shape index (κ3) is 7.14. The fourth-order valence-corrected chi connectivity index (χ4v) is 2.32. The van der Waals surface area contributed by atoms with E-state index in [-0.39, 0.29) is 4.83 Å². The lowest BCUT2D eigenvalue weighted by molar-refractivity contribution is 0.0774. The molecular weight excluding hydrogens is 328 g/mol. The summed E-state index contributed by atoms with van der Waals surface area (Å²) in [4.78, 5) is 0.134. The van der Waals surface area contributed by atoms with Gasteiger partial charge in [0.15, 0.2) is 0 Å². The van der Waals surface area contributed by atoms with Crippen molar-refractivity contribution in [3.05, 3.63) is 41.5 Å².